The van der Waals surface area contributed by atoms with Crippen molar-refractivity contribution in [1.29, 1.82) is 0 Å². The highest BCUT2D eigenvalue weighted by molar-refractivity contribution is 7.90. The molecule has 0 spiro atoms. The van der Waals surface area contributed by atoms with E-state index in [0.29, 0.717) is 17.9 Å². The number of aryl methyl sites for hydroxylation is 1. The van der Waals surface area contributed by atoms with Gasteiger partial charge in [-0.1, -0.05) is 41.1 Å². The van der Waals surface area contributed by atoms with Crippen LogP contribution in [0.3, 0.4) is 0 Å². The number of rotatable bonds is 6. The van der Waals surface area contributed by atoms with Crippen molar-refractivity contribution in [3.63, 3.8) is 0 Å². The Morgan fingerprint density at radius 3 is 2.35 bits per heavy atom. The van der Waals surface area contributed by atoms with Crippen molar-refractivity contribution in [2.75, 3.05) is 0 Å². The van der Waals surface area contributed by atoms with Crippen LogP contribution < -0.4 is 4.72 Å². The minimum atomic E-state index is -3.80. The molecule has 0 atom stereocenters. The molecule has 6 heteroatoms. The smallest absolute Gasteiger partial charge is 0.264 e. The number of sulfonamides is 1. The Morgan fingerprint density at radius 1 is 1.04 bits per heavy atom. The number of amides is 1. The van der Waals surface area contributed by atoms with Crippen molar-refractivity contribution >= 4 is 27.5 Å². The van der Waals surface area contributed by atoms with Crippen LogP contribution in [-0.2, 0) is 14.8 Å². The van der Waals surface area contributed by atoms with Crippen molar-refractivity contribution in [2.24, 2.45) is 0 Å². The maximum Gasteiger partial charge on any atom is 0.264 e. The second kappa shape index (κ2) is 9.42. The summed E-state index contributed by atoms with van der Waals surface area (Å²) in [4.78, 5) is 11.9. The fourth-order valence-electron chi connectivity index (χ4n) is 2.17. The topological polar surface area (TPSA) is 63.2 Å². The molecule has 0 aliphatic heterocycles. The first-order valence-electron chi connectivity index (χ1n) is 8.23. The lowest BCUT2D eigenvalue weighted by atomic mass is 10.1. The van der Waals surface area contributed by atoms with E-state index in [-0.39, 0.29) is 11.3 Å². The van der Waals surface area contributed by atoms with E-state index in [2.05, 4.69) is 16.6 Å². The number of nitrogens with one attached hydrogen (secondary N) is 1. The van der Waals surface area contributed by atoms with Gasteiger partial charge in [-0.15, -0.1) is 0 Å². The van der Waals surface area contributed by atoms with Gasteiger partial charge in [0.1, 0.15) is 0 Å². The van der Waals surface area contributed by atoms with Gasteiger partial charge < -0.3 is 0 Å². The molecule has 0 aliphatic carbocycles. The van der Waals surface area contributed by atoms with Gasteiger partial charge >= 0.3 is 0 Å². The minimum Gasteiger partial charge on any atom is -0.274 e. The van der Waals surface area contributed by atoms with Crippen molar-refractivity contribution < 1.29 is 13.2 Å². The van der Waals surface area contributed by atoms with Gasteiger partial charge in [0, 0.05) is 23.4 Å². The molecule has 1 amide bonds. The van der Waals surface area contributed by atoms with Crippen LogP contribution in [0.15, 0.2) is 53.4 Å². The third kappa shape index (κ3) is 6.55. The number of halogens is 1. The van der Waals surface area contributed by atoms with Crippen molar-refractivity contribution in [3.8, 4) is 11.8 Å². The highest BCUT2D eigenvalue weighted by Crippen LogP contribution is 2.11. The van der Waals surface area contributed by atoms with Crippen molar-refractivity contribution in [3.05, 3.63) is 64.7 Å². The van der Waals surface area contributed by atoms with Crippen molar-refractivity contribution in [1.82, 2.24) is 4.72 Å². The number of benzene rings is 2. The molecule has 0 aliphatic rings. The van der Waals surface area contributed by atoms with E-state index in [4.69, 9.17) is 11.6 Å². The zero-order chi connectivity index (χ0) is 19.0. The molecule has 0 fully saturated rings. The largest absolute Gasteiger partial charge is 0.274 e. The van der Waals surface area contributed by atoms with E-state index in [0.717, 1.165) is 17.5 Å². The highest BCUT2D eigenvalue weighted by Gasteiger charge is 2.16. The zero-order valence-corrected chi connectivity index (χ0v) is 16.0. The minimum absolute atomic E-state index is 0.0882. The summed E-state index contributed by atoms with van der Waals surface area (Å²) in [6.07, 6.45) is 2.08. The Balaban J connectivity index is 1.73. The van der Waals surface area contributed by atoms with Crippen LogP contribution in [0.2, 0.25) is 5.02 Å². The molecule has 2 rings (SSSR count). The van der Waals surface area contributed by atoms with Crippen LogP contribution in [0.4, 0.5) is 0 Å². The summed E-state index contributed by atoms with van der Waals surface area (Å²) in [5.74, 6) is 5.55. The molecular formula is C20H20ClNO3S. The number of carbonyl (C=O) groups excluding carboxylic acids is 1. The van der Waals surface area contributed by atoms with Gasteiger partial charge in [0.2, 0.25) is 5.91 Å². The lowest BCUT2D eigenvalue weighted by Gasteiger charge is -2.06. The van der Waals surface area contributed by atoms with Crippen LogP contribution in [0, 0.1) is 18.8 Å². The highest BCUT2D eigenvalue weighted by atomic mass is 35.5. The monoisotopic (exact) mass is 389 g/mol. The second-order valence-electron chi connectivity index (χ2n) is 5.86. The van der Waals surface area contributed by atoms with Gasteiger partial charge in [-0.25, -0.2) is 13.1 Å². The van der Waals surface area contributed by atoms with Gasteiger partial charge in [0.05, 0.1) is 4.90 Å². The van der Waals surface area contributed by atoms with Crippen LogP contribution in [0.1, 0.15) is 36.8 Å². The number of hydrogen-bond acceptors (Lipinski definition) is 3. The summed E-state index contributed by atoms with van der Waals surface area (Å²) in [6, 6.07) is 13.6. The molecule has 2 aromatic carbocycles. The fourth-order valence-corrected chi connectivity index (χ4v) is 3.31. The number of unbranched alkanes of at least 4 members (excludes halogenated alkanes) is 2. The Morgan fingerprint density at radius 2 is 1.69 bits per heavy atom. The molecule has 0 unspecified atom stereocenters. The van der Waals surface area contributed by atoms with Crippen LogP contribution in [0.25, 0.3) is 0 Å². The van der Waals surface area contributed by atoms with E-state index >= 15 is 0 Å². The van der Waals surface area contributed by atoms with E-state index in [9.17, 15) is 13.2 Å². The Kier molecular flexibility index (Phi) is 7.26. The van der Waals surface area contributed by atoms with Crippen LogP contribution >= 0.6 is 11.6 Å². The summed E-state index contributed by atoms with van der Waals surface area (Å²) < 4.78 is 26.3. The van der Waals surface area contributed by atoms with E-state index < -0.39 is 15.9 Å². The molecule has 0 aromatic heterocycles. The van der Waals surface area contributed by atoms with E-state index in [1.165, 1.54) is 12.1 Å². The van der Waals surface area contributed by atoms with Gasteiger partial charge in [-0.3, -0.25) is 4.79 Å². The van der Waals surface area contributed by atoms with Crippen molar-refractivity contribution in [2.45, 2.75) is 37.5 Å². The molecule has 26 heavy (non-hydrogen) atoms. The van der Waals surface area contributed by atoms with E-state index in [1.807, 2.05) is 19.1 Å². The SMILES string of the molecule is Cc1ccc(S(=O)(=O)NC(=O)CCCCC#Cc2ccc(Cl)cc2)cc1. The maximum atomic E-state index is 12.1. The quantitative estimate of drug-likeness (QED) is 0.598. The molecule has 0 saturated carbocycles. The zero-order valence-electron chi connectivity index (χ0n) is 14.5. The average Bonchev–Trinajstić information content (AvgIpc) is 2.59. The molecule has 2 aromatic rings. The summed E-state index contributed by atoms with van der Waals surface area (Å²) in [6.45, 7) is 1.87. The molecule has 0 saturated heterocycles. The van der Waals surface area contributed by atoms with Gasteiger partial charge in [0.15, 0.2) is 0 Å². The third-order valence-corrected chi connectivity index (χ3v) is 5.25. The molecule has 136 valence electrons. The predicted molar refractivity (Wildman–Crippen MR) is 103 cm³/mol. The first-order valence-corrected chi connectivity index (χ1v) is 10.1. The summed E-state index contributed by atoms with van der Waals surface area (Å²) in [7, 11) is -3.80. The fraction of sp³-hybridized carbons (Fsp3) is 0.250. The lowest BCUT2D eigenvalue weighted by molar-refractivity contribution is -0.119. The standard InChI is InChI=1S/C20H20ClNO3S/c1-16-8-14-19(15-9-16)26(24,25)22-20(23)7-5-3-2-4-6-17-10-12-18(21)13-11-17/h8-15H,2-3,5,7H2,1H3,(H,22,23). The first-order chi connectivity index (χ1) is 12.4. The number of carbonyl (C=O) groups is 1. The average molecular weight is 390 g/mol. The Hall–Kier alpha value is -2.29. The molecular weight excluding hydrogens is 370 g/mol. The Bertz CT molecular complexity index is 908. The van der Waals surface area contributed by atoms with Gasteiger partial charge in [0.25, 0.3) is 10.0 Å². The summed E-state index contributed by atoms with van der Waals surface area (Å²) in [5.41, 5.74) is 1.84. The normalized spacial score (nSPS) is 10.7. The second-order valence-corrected chi connectivity index (χ2v) is 7.98. The molecule has 0 bridgehead atoms. The summed E-state index contributed by atoms with van der Waals surface area (Å²) >= 11 is 5.81. The molecule has 4 nitrogen and oxygen atoms in total. The maximum absolute atomic E-state index is 12.1. The van der Waals surface area contributed by atoms with E-state index in [1.54, 1.807) is 24.3 Å². The molecule has 0 heterocycles. The number of hydrogen-bond donors (Lipinski definition) is 1. The first kappa shape index (κ1) is 20.0. The predicted octanol–water partition coefficient (Wildman–Crippen LogP) is 4.07. The lowest BCUT2D eigenvalue weighted by Crippen LogP contribution is -2.30. The van der Waals surface area contributed by atoms with Gasteiger partial charge in [-0.05, 0) is 56.2 Å². The summed E-state index contributed by atoms with van der Waals surface area (Å²) in [5, 5.41) is 0.669. The van der Waals surface area contributed by atoms with Gasteiger partial charge in [-0.2, -0.15) is 0 Å². The van der Waals surface area contributed by atoms with Crippen LogP contribution in [-0.4, -0.2) is 14.3 Å². The molecule has 1 N–H and O–H groups in total. The Labute approximate surface area is 159 Å². The molecule has 0 radical (unpaired) electrons. The third-order valence-electron chi connectivity index (χ3n) is 3.61. The van der Waals surface area contributed by atoms with Crippen LogP contribution in [0.5, 0.6) is 0 Å².